The maximum atomic E-state index is 11.8. The predicted molar refractivity (Wildman–Crippen MR) is 63.2 cm³/mol. The van der Waals surface area contributed by atoms with Gasteiger partial charge >= 0.3 is 0 Å². The molecule has 1 rings (SSSR count). The molecule has 1 fully saturated rings. The zero-order valence-electron chi connectivity index (χ0n) is 10.2. The lowest BCUT2D eigenvalue weighted by Gasteiger charge is -2.27. The average Bonchev–Trinajstić information content (AvgIpc) is 2.30. The standard InChI is InChI=1S/C11H23N3O2/c1-13(6-4-12)5-2-3-11(15)14-7-9-16-10-8-14/h2-10,12H2,1H3. The Bertz CT molecular complexity index is 205. The molecule has 0 unspecified atom stereocenters. The van der Waals surface area contributed by atoms with Crippen molar-refractivity contribution in [2.45, 2.75) is 12.8 Å². The number of ether oxygens (including phenoxy) is 1. The minimum atomic E-state index is 0.254. The Kier molecular flexibility index (Phi) is 6.37. The van der Waals surface area contributed by atoms with Crippen LogP contribution in [0.15, 0.2) is 0 Å². The van der Waals surface area contributed by atoms with Gasteiger partial charge in [0.15, 0.2) is 0 Å². The van der Waals surface area contributed by atoms with Crippen LogP contribution < -0.4 is 5.73 Å². The molecule has 1 aliphatic rings. The smallest absolute Gasteiger partial charge is 0.222 e. The summed E-state index contributed by atoms with van der Waals surface area (Å²) in [5.74, 6) is 0.254. The van der Waals surface area contributed by atoms with Gasteiger partial charge < -0.3 is 20.3 Å². The van der Waals surface area contributed by atoms with Crippen LogP contribution >= 0.6 is 0 Å². The van der Waals surface area contributed by atoms with Crippen LogP contribution in [-0.2, 0) is 9.53 Å². The van der Waals surface area contributed by atoms with Crippen molar-refractivity contribution < 1.29 is 9.53 Å². The van der Waals surface area contributed by atoms with Gasteiger partial charge in [-0.1, -0.05) is 0 Å². The van der Waals surface area contributed by atoms with E-state index in [9.17, 15) is 4.79 Å². The Morgan fingerprint density at radius 1 is 1.38 bits per heavy atom. The van der Waals surface area contributed by atoms with Gasteiger partial charge in [0.05, 0.1) is 13.2 Å². The van der Waals surface area contributed by atoms with Crippen LogP contribution in [0, 0.1) is 0 Å². The van der Waals surface area contributed by atoms with Crippen molar-refractivity contribution in [3.8, 4) is 0 Å². The highest BCUT2D eigenvalue weighted by atomic mass is 16.5. The third-order valence-corrected chi connectivity index (χ3v) is 2.81. The molecule has 16 heavy (non-hydrogen) atoms. The van der Waals surface area contributed by atoms with Crippen LogP contribution in [0.2, 0.25) is 0 Å². The van der Waals surface area contributed by atoms with Crippen LogP contribution in [0.1, 0.15) is 12.8 Å². The number of carbonyl (C=O) groups excluding carboxylic acids is 1. The first-order valence-corrected chi connectivity index (χ1v) is 5.98. The number of carbonyl (C=O) groups is 1. The minimum absolute atomic E-state index is 0.254. The zero-order valence-corrected chi connectivity index (χ0v) is 10.2. The molecule has 0 spiro atoms. The monoisotopic (exact) mass is 229 g/mol. The molecule has 0 radical (unpaired) electrons. The van der Waals surface area contributed by atoms with Gasteiger partial charge in [0.2, 0.25) is 5.91 Å². The van der Waals surface area contributed by atoms with E-state index >= 15 is 0 Å². The Morgan fingerprint density at radius 3 is 2.69 bits per heavy atom. The van der Waals surface area contributed by atoms with Gasteiger partial charge in [-0.25, -0.2) is 0 Å². The lowest BCUT2D eigenvalue weighted by atomic mass is 10.2. The Balaban J connectivity index is 2.09. The van der Waals surface area contributed by atoms with E-state index in [1.807, 2.05) is 11.9 Å². The minimum Gasteiger partial charge on any atom is -0.378 e. The van der Waals surface area contributed by atoms with E-state index in [0.29, 0.717) is 26.2 Å². The number of amides is 1. The molecule has 5 nitrogen and oxygen atoms in total. The summed E-state index contributed by atoms with van der Waals surface area (Å²) in [5.41, 5.74) is 5.45. The van der Waals surface area contributed by atoms with Gasteiger partial charge in [-0.2, -0.15) is 0 Å². The van der Waals surface area contributed by atoms with Crippen LogP contribution in [0.4, 0.5) is 0 Å². The second kappa shape index (κ2) is 7.60. The van der Waals surface area contributed by atoms with E-state index in [4.69, 9.17) is 10.5 Å². The molecule has 1 heterocycles. The zero-order chi connectivity index (χ0) is 11.8. The van der Waals surface area contributed by atoms with Crippen LogP contribution in [0.5, 0.6) is 0 Å². The quantitative estimate of drug-likeness (QED) is 0.668. The molecule has 0 bridgehead atoms. The highest BCUT2D eigenvalue weighted by Crippen LogP contribution is 2.02. The van der Waals surface area contributed by atoms with E-state index in [2.05, 4.69) is 4.90 Å². The second-order valence-corrected chi connectivity index (χ2v) is 4.19. The van der Waals surface area contributed by atoms with Crippen molar-refractivity contribution in [2.24, 2.45) is 5.73 Å². The average molecular weight is 229 g/mol. The Hall–Kier alpha value is -0.650. The van der Waals surface area contributed by atoms with Crippen LogP contribution in [0.3, 0.4) is 0 Å². The normalized spacial score (nSPS) is 16.8. The molecule has 0 aromatic carbocycles. The number of likely N-dealkylation sites (N-methyl/N-ethyl adjacent to an activating group) is 1. The highest BCUT2D eigenvalue weighted by Gasteiger charge is 2.16. The summed E-state index contributed by atoms with van der Waals surface area (Å²) in [6, 6.07) is 0. The highest BCUT2D eigenvalue weighted by molar-refractivity contribution is 5.76. The SMILES string of the molecule is CN(CCN)CCCC(=O)N1CCOCC1. The fourth-order valence-electron chi connectivity index (χ4n) is 1.80. The molecule has 0 aromatic heterocycles. The first-order chi connectivity index (χ1) is 7.74. The third-order valence-electron chi connectivity index (χ3n) is 2.81. The molecule has 2 N–H and O–H groups in total. The molecule has 5 heteroatoms. The third kappa shape index (κ3) is 4.92. The topological polar surface area (TPSA) is 58.8 Å². The van der Waals surface area contributed by atoms with E-state index < -0.39 is 0 Å². The molecule has 94 valence electrons. The lowest BCUT2D eigenvalue weighted by Crippen LogP contribution is -2.40. The number of hydrogen-bond acceptors (Lipinski definition) is 4. The van der Waals surface area contributed by atoms with E-state index in [1.165, 1.54) is 0 Å². The molecule has 0 aromatic rings. The van der Waals surface area contributed by atoms with Crippen molar-refractivity contribution in [2.75, 3.05) is 53.0 Å². The number of hydrogen-bond donors (Lipinski definition) is 1. The molecule has 1 saturated heterocycles. The summed E-state index contributed by atoms with van der Waals surface area (Å²) < 4.78 is 5.21. The van der Waals surface area contributed by atoms with Gasteiger partial charge in [0, 0.05) is 32.6 Å². The maximum absolute atomic E-state index is 11.8. The summed E-state index contributed by atoms with van der Waals surface area (Å²) in [4.78, 5) is 15.8. The fourth-order valence-corrected chi connectivity index (χ4v) is 1.80. The number of nitrogens with two attached hydrogens (primary N) is 1. The Labute approximate surface area is 97.5 Å². The van der Waals surface area contributed by atoms with Gasteiger partial charge in [-0.15, -0.1) is 0 Å². The fraction of sp³-hybridized carbons (Fsp3) is 0.909. The van der Waals surface area contributed by atoms with Crippen LogP contribution in [0.25, 0.3) is 0 Å². The maximum Gasteiger partial charge on any atom is 0.222 e. The predicted octanol–water partition coefficient (Wildman–Crippen LogP) is -0.484. The van der Waals surface area contributed by atoms with Crippen molar-refractivity contribution >= 4 is 5.91 Å². The Morgan fingerprint density at radius 2 is 2.06 bits per heavy atom. The van der Waals surface area contributed by atoms with Gasteiger partial charge in [0.25, 0.3) is 0 Å². The van der Waals surface area contributed by atoms with Crippen molar-refractivity contribution in [1.82, 2.24) is 9.80 Å². The van der Waals surface area contributed by atoms with Crippen LogP contribution in [-0.4, -0.2) is 68.7 Å². The molecular formula is C11H23N3O2. The molecule has 0 atom stereocenters. The number of rotatable bonds is 6. The largest absolute Gasteiger partial charge is 0.378 e. The van der Waals surface area contributed by atoms with Crippen molar-refractivity contribution in [3.63, 3.8) is 0 Å². The first-order valence-electron chi connectivity index (χ1n) is 5.98. The molecule has 1 amide bonds. The number of morpholine rings is 1. The van der Waals surface area contributed by atoms with Crippen molar-refractivity contribution in [1.29, 1.82) is 0 Å². The molecule has 1 aliphatic heterocycles. The first kappa shape index (κ1) is 13.4. The van der Waals surface area contributed by atoms with E-state index in [1.54, 1.807) is 0 Å². The lowest BCUT2D eigenvalue weighted by molar-refractivity contribution is -0.135. The summed E-state index contributed by atoms with van der Waals surface area (Å²) >= 11 is 0. The van der Waals surface area contributed by atoms with Gasteiger partial charge in [-0.05, 0) is 20.0 Å². The summed E-state index contributed by atoms with van der Waals surface area (Å²) in [6.07, 6.45) is 1.54. The van der Waals surface area contributed by atoms with Crippen molar-refractivity contribution in [3.05, 3.63) is 0 Å². The molecular weight excluding hydrogens is 206 g/mol. The second-order valence-electron chi connectivity index (χ2n) is 4.19. The molecule has 0 saturated carbocycles. The van der Waals surface area contributed by atoms with Gasteiger partial charge in [0.1, 0.15) is 0 Å². The van der Waals surface area contributed by atoms with E-state index in [-0.39, 0.29) is 5.91 Å². The summed E-state index contributed by atoms with van der Waals surface area (Å²) in [6.45, 7) is 5.36. The number of nitrogens with zero attached hydrogens (tertiary/aromatic N) is 2. The molecule has 0 aliphatic carbocycles. The van der Waals surface area contributed by atoms with E-state index in [0.717, 1.165) is 32.6 Å². The summed E-state index contributed by atoms with van der Waals surface area (Å²) in [5, 5.41) is 0. The summed E-state index contributed by atoms with van der Waals surface area (Å²) in [7, 11) is 2.03. The van der Waals surface area contributed by atoms with Gasteiger partial charge in [-0.3, -0.25) is 4.79 Å².